The average Bonchev–Trinajstić information content (AvgIpc) is 2.42. The van der Waals surface area contributed by atoms with E-state index in [0.29, 0.717) is 0 Å². The lowest BCUT2D eigenvalue weighted by atomic mass is 10.2. The molecule has 2 aromatic rings. The van der Waals surface area contributed by atoms with E-state index in [1.54, 1.807) is 0 Å². The number of rotatable bonds is 5. The fourth-order valence-electron chi connectivity index (χ4n) is 1.93. The first kappa shape index (κ1) is 13.8. The lowest BCUT2D eigenvalue weighted by molar-refractivity contribution is 0.817. The molecule has 1 aromatic heterocycles. The van der Waals surface area contributed by atoms with Crippen molar-refractivity contribution in [1.29, 1.82) is 0 Å². The first-order valence-corrected chi connectivity index (χ1v) is 6.62. The van der Waals surface area contributed by atoms with E-state index in [-0.39, 0.29) is 0 Å². The number of hydrogen-bond acceptors (Lipinski definition) is 3. The smallest absolute Gasteiger partial charge is 0.0598 e. The Hall–Kier alpha value is -1.58. The van der Waals surface area contributed by atoms with Gasteiger partial charge in [0, 0.05) is 30.5 Å². The lowest BCUT2D eigenvalue weighted by Crippen LogP contribution is -2.17. The zero-order chi connectivity index (χ0) is 13.7. The van der Waals surface area contributed by atoms with Crippen LogP contribution in [0.25, 0.3) is 0 Å². The minimum Gasteiger partial charge on any atom is -0.369 e. The van der Waals surface area contributed by atoms with Crippen LogP contribution in [0.15, 0.2) is 42.6 Å². The van der Waals surface area contributed by atoms with Crippen LogP contribution in [0.1, 0.15) is 11.3 Å². The maximum atomic E-state index is 6.27. The number of anilines is 1. The zero-order valence-electron chi connectivity index (χ0n) is 11.2. The number of benzene rings is 1. The third-order valence-electron chi connectivity index (χ3n) is 2.97. The van der Waals surface area contributed by atoms with Gasteiger partial charge in [0.05, 0.1) is 12.2 Å². The fourth-order valence-corrected chi connectivity index (χ4v) is 2.18. The van der Waals surface area contributed by atoms with Crippen molar-refractivity contribution in [3.8, 4) is 0 Å². The lowest BCUT2D eigenvalue weighted by Gasteiger charge is -2.20. The first-order valence-electron chi connectivity index (χ1n) is 6.25. The molecule has 1 aromatic carbocycles. The molecule has 2 rings (SSSR count). The predicted octanol–water partition coefficient (Wildman–Crippen LogP) is 3.09. The number of hydrogen-bond donors (Lipinski definition) is 1. The van der Waals surface area contributed by atoms with Gasteiger partial charge in [-0.05, 0) is 36.9 Å². The highest BCUT2D eigenvalue weighted by Crippen LogP contribution is 2.23. The van der Waals surface area contributed by atoms with E-state index in [1.165, 1.54) is 0 Å². The molecule has 0 radical (unpaired) electrons. The Kier molecular flexibility index (Phi) is 4.77. The average molecular weight is 276 g/mol. The van der Waals surface area contributed by atoms with Gasteiger partial charge in [-0.3, -0.25) is 4.98 Å². The normalized spacial score (nSPS) is 10.5. The summed E-state index contributed by atoms with van der Waals surface area (Å²) >= 11 is 6.27. The zero-order valence-corrected chi connectivity index (χ0v) is 12.0. The summed E-state index contributed by atoms with van der Waals surface area (Å²) in [5.41, 5.74) is 3.25. The molecule has 0 bridgehead atoms. The molecule has 0 saturated carbocycles. The number of aromatic nitrogens is 1. The minimum atomic E-state index is 0.766. The van der Waals surface area contributed by atoms with E-state index in [0.717, 1.165) is 35.1 Å². The van der Waals surface area contributed by atoms with Crippen LogP contribution in [0.3, 0.4) is 0 Å². The molecular weight excluding hydrogens is 258 g/mol. The van der Waals surface area contributed by atoms with E-state index in [9.17, 15) is 0 Å². The summed E-state index contributed by atoms with van der Waals surface area (Å²) in [6.07, 6.45) is 1.81. The van der Waals surface area contributed by atoms with Crippen molar-refractivity contribution in [1.82, 2.24) is 10.3 Å². The van der Waals surface area contributed by atoms with Gasteiger partial charge in [0.15, 0.2) is 0 Å². The van der Waals surface area contributed by atoms with Crippen LogP contribution in [0, 0.1) is 0 Å². The Balaban J connectivity index is 2.11. The summed E-state index contributed by atoms with van der Waals surface area (Å²) < 4.78 is 0. The van der Waals surface area contributed by atoms with Gasteiger partial charge in [0.25, 0.3) is 0 Å². The Bertz CT molecular complexity index is 528. The molecule has 0 saturated heterocycles. The van der Waals surface area contributed by atoms with Crippen molar-refractivity contribution in [2.75, 3.05) is 19.0 Å². The molecule has 1 heterocycles. The van der Waals surface area contributed by atoms with Crippen molar-refractivity contribution in [2.45, 2.75) is 13.1 Å². The maximum Gasteiger partial charge on any atom is 0.0598 e. The van der Waals surface area contributed by atoms with Crippen LogP contribution >= 0.6 is 11.6 Å². The second kappa shape index (κ2) is 6.55. The molecule has 0 atom stereocenters. The molecule has 0 amide bonds. The third kappa shape index (κ3) is 3.69. The third-order valence-corrected chi connectivity index (χ3v) is 3.32. The monoisotopic (exact) mass is 275 g/mol. The van der Waals surface area contributed by atoms with Crippen molar-refractivity contribution >= 4 is 17.3 Å². The summed E-state index contributed by atoms with van der Waals surface area (Å²) in [7, 11) is 3.95. The molecule has 0 aliphatic rings. The van der Waals surface area contributed by atoms with Crippen molar-refractivity contribution in [2.24, 2.45) is 0 Å². The highest BCUT2D eigenvalue weighted by molar-refractivity contribution is 6.31. The van der Waals surface area contributed by atoms with Crippen LogP contribution < -0.4 is 10.2 Å². The van der Waals surface area contributed by atoms with Gasteiger partial charge >= 0.3 is 0 Å². The SMILES string of the molecule is CNCc1ccc(N(C)Cc2ccccn2)cc1Cl. The number of pyridine rings is 1. The highest BCUT2D eigenvalue weighted by Gasteiger charge is 2.06. The van der Waals surface area contributed by atoms with Gasteiger partial charge in [0.2, 0.25) is 0 Å². The van der Waals surface area contributed by atoms with E-state index < -0.39 is 0 Å². The predicted molar refractivity (Wildman–Crippen MR) is 80.6 cm³/mol. The van der Waals surface area contributed by atoms with E-state index in [4.69, 9.17) is 11.6 Å². The molecule has 0 spiro atoms. The fraction of sp³-hybridized carbons (Fsp3) is 0.267. The largest absolute Gasteiger partial charge is 0.369 e. The maximum absolute atomic E-state index is 6.27. The number of halogens is 1. The van der Waals surface area contributed by atoms with Crippen LogP contribution in [-0.4, -0.2) is 19.1 Å². The van der Waals surface area contributed by atoms with Gasteiger partial charge in [0.1, 0.15) is 0 Å². The summed E-state index contributed by atoms with van der Waals surface area (Å²) in [4.78, 5) is 6.47. The van der Waals surface area contributed by atoms with E-state index in [1.807, 2.05) is 44.6 Å². The first-order chi connectivity index (χ1) is 9.20. The molecule has 100 valence electrons. The summed E-state index contributed by atoms with van der Waals surface area (Å²) in [5.74, 6) is 0. The van der Waals surface area contributed by atoms with E-state index >= 15 is 0 Å². The van der Waals surface area contributed by atoms with E-state index in [2.05, 4.69) is 27.3 Å². The summed E-state index contributed by atoms with van der Waals surface area (Å²) in [5, 5.41) is 3.90. The van der Waals surface area contributed by atoms with Gasteiger partial charge in [-0.2, -0.15) is 0 Å². The second-order valence-electron chi connectivity index (χ2n) is 4.48. The topological polar surface area (TPSA) is 28.2 Å². The molecule has 0 aliphatic heterocycles. The Labute approximate surface area is 119 Å². The quantitative estimate of drug-likeness (QED) is 0.909. The van der Waals surface area contributed by atoms with Crippen LogP contribution in [-0.2, 0) is 13.1 Å². The van der Waals surface area contributed by atoms with Crippen molar-refractivity contribution in [3.63, 3.8) is 0 Å². The second-order valence-corrected chi connectivity index (χ2v) is 4.89. The highest BCUT2D eigenvalue weighted by atomic mass is 35.5. The molecule has 4 heteroatoms. The molecule has 1 N–H and O–H groups in total. The standard InChI is InChI=1S/C15H18ClN3/c1-17-10-12-6-7-14(9-15(12)16)19(2)11-13-5-3-4-8-18-13/h3-9,17H,10-11H2,1-2H3. The molecule has 19 heavy (non-hydrogen) atoms. The number of nitrogens with one attached hydrogen (secondary N) is 1. The van der Waals surface area contributed by atoms with Gasteiger partial charge in [-0.1, -0.05) is 23.7 Å². The Morgan fingerprint density at radius 2 is 2.11 bits per heavy atom. The van der Waals surface area contributed by atoms with Crippen molar-refractivity contribution in [3.05, 3.63) is 58.9 Å². The van der Waals surface area contributed by atoms with Crippen LogP contribution in [0.5, 0.6) is 0 Å². The summed E-state index contributed by atoms with van der Waals surface area (Å²) in [6, 6.07) is 12.1. The molecule has 0 unspecified atom stereocenters. The van der Waals surface area contributed by atoms with Gasteiger partial charge < -0.3 is 10.2 Å². The van der Waals surface area contributed by atoms with Gasteiger partial charge in [-0.25, -0.2) is 0 Å². The van der Waals surface area contributed by atoms with Crippen molar-refractivity contribution < 1.29 is 0 Å². The molecule has 3 nitrogen and oxygen atoms in total. The van der Waals surface area contributed by atoms with Crippen LogP contribution in [0.2, 0.25) is 5.02 Å². The Morgan fingerprint density at radius 1 is 1.26 bits per heavy atom. The Morgan fingerprint density at radius 3 is 2.74 bits per heavy atom. The summed E-state index contributed by atoms with van der Waals surface area (Å²) in [6.45, 7) is 1.55. The number of nitrogens with zero attached hydrogens (tertiary/aromatic N) is 2. The molecular formula is C15H18ClN3. The van der Waals surface area contributed by atoms with Crippen LogP contribution in [0.4, 0.5) is 5.69 Å². The minimum absolute atomic E-state index is 0.766. The molecule has 0 fully saturated rings. The van der Waals surface area contributed by atoms with Gasteiger partial charge in [-0.15, -0.1) is 0 Å². The molecule has 0 aliphatic carbocycles.